The van der Waals surface area contributed by atoms with Crippen molar-refractivity contribution in [2.45, 2.75) is 22.7 Å². The second-order valence-electron chi connectivity index (χ2n) is 4.62. The minimum Gasteiger partial charge on any atom is -0.394 e. The van der Waals surface area contributed by atoms with Gasteiger partial charge in [0.15, 0.2) is 0 Å². The Labute approximate surface area is 127 Å². The maximum Gasteiger partial charge on any atom is 0.250 e. The molecule has 1 saturated heterocycles. The summed E-state index contributed by atoms with van der Waals surface area (Å²) in [6.45, 7) is 0.450. The number of rotatable bonds is 7. The number of aliphatic hydroxyl groups is 1. The molecule has 0 aliphatic carbocycles. The van der Waals surface area contributed by atoms with Crippen molar-refractivity contribution in [1.29, 1.82) is 0 Å². The average Bonchev–Trinajstić information content (AvgIpc) is 2.99. The Kier molecular flexibility index (Phi) is 5.88. The van der Waals surface area contributed by atoms with Gasteiger partial charge in [-0.25, -0.2) is 13.1 Å². The maximum absolute atomic E-state index is 12.1. The van der Waals surface area contributed by atoms with Gasteiger partial charge in [-0.2, -0.15) is 11.8 Å². The van der Waals surface area contributed by atoms with Crippen LogP contribution < -0.4 is 4.72 Å². The molecule has 2 heterocycles. The van der Waals surface area contributed by atoms with Gasteiger partial charge in [-0.15, -0.1) is 11.3 Å². The molecular weight excluding hydrogens is 318 g/mol. The predicted molar refractivity (Wildman–Crippen MR) is 81.8 cm³/mol. The lowest BCUT2D eigenvalue weighted by Gasteiger charge is -2.36. The molecule has 0 unspecified atom stereocenters. The van der Waals surface area contributed by atoms with Crippen LogP contribution in [0.25, 0.3) is 0 Å². The predicted octanol–water partition coefficient (Wildman–Crippen LogP) is 1.30. The molecule has 8 heteroatoms. The van der Waals surface area contributed by atoms with E-state index in [1.165, 1.54) is 11.3 Å². The Morgan fingerprint density at radius 2 is 2.15 bits per heavy atom. The molecule has 2 N–H and O–H groups in total. The first kappa shape index (κ1) is 16.3. The molecule has 1 fully saturated rings. The van der Waals surface area contributed by atoms with Gasteiger partial charge >= 0.3 is 0 Å². The number of sulfonamides is 1. The Hall–Kier alpha value is -0.120. The molecule has 1 aliphatic rings. The van der Waals surface area contributed by atoms with E-state index in [1.54, 1.807) is 17.5 Å². The zero-order valence-electron chi connectivity index (χ0n) is 11.1. The van der Waals surface area contributed by atoms with Crippen molar-refractivity contribution in [3.63, 3.8) is 0 Å². The fourth-order valence-corrected chi connectivity index (χ4v) is 5.48. The normalized spacial score (nSPS) is 19.1. The molecule has 1 aromatic heterocycles. The summed E-state index contributed by atoms with van der Waals surface area (Å²) in [5, 5.41) is 10.7. The van der Waals surface area contributed by atoms with Gasteiger partial charge in [-0.05, 0) is 35.8 Å². The van der Waals surface area contributed by atoms with Gasteiger partial charge in [0.05, 0.1) is 18.8 Å². The second kappa shape index (κ2) is 7.24. The Morgan fingerprint density at radius 3 is 2.75 bits per heavy atom. The molecule has 2 rings (SSSR count). The molecule has 0 bridgehead atoms. The lowest BCUT2D eigenvalue weighted by molar-refractivity contribution is -0.0591. The van der Waals surface area contributed by atoms with Gasteiger partial charge < -0.3 is 9.84 Å². The van der Waals surface area contributed by atoms with Crippen LogP contribution in [0.5, 0.6) is 0 Å². The number of hydrogen-bond acceptors (Lipinski definition) is 6. The molecule has 0 spiro atoms. The first-order chi connectivity index (χ1) is 9.58. The van der Waals surface area contributed by atoms with Crippen molar-refractivity contribution in [2.75, 3.05) is 31.3 Å². The highest BCUT2D eigenvalue weighted by Gasteiger charge is 2.34. The molecule has 0 atom stereocenters. The summed E-state index contributed by atoms with van der Waals surface area (Å²) in [6, 6.07) is 3.31. The molecule has 114 valence electrons. The summed E-state index contributed by atoms with van der Waals surface area (Å²) in [5.41, 5.74) is -0.488. The second-order valence-corrected chi connectivity index (χ2v) is 8.79. The smallest absolute Gasteiger partial charge is 0.250 e. The zero-order chi connectivity index (χ0) is 14.5. The average molecular weight is 337 g/mol. The summed E-state index contributed by atoms with van der Waals surface area (Å²) < 4.78 is 33.0. The monoisotopic (exact) mass is 337 g/mol. The maximum atomic E-state index is 12.1. The van der Waals surface area contributed by atoms with Gasteiger partial charge in [-0.1, -0.05) is 6.07 Å². The van der Waals surface area contributed by atoms with Crippen molar-refractivity contribution in [2.24, 2.45) is 0 Å². The minimum absolute atomic E-state index is 0.0490. The summed E-state index contributed by atoms with van der Waals surface area (Å²) in [5.74, 6) is 1.90. The SMILES string of the molecule is O=S(=O)(NCC1(OCCO)CCSCC1)c1cccs1. The van der Waals surface area contributed by atoms with E-state index in [0.717, 1.165) is 24.3 Å². The fourth-order valence-electron chi connectivity index (χ4n) is 2.09. The molecule has 1 aliphatic heterocycles. The van der Waals surface area contributed by atoms with Crippen molar-refractivity contribution in [3.8, 4) is 0 Å². The van der Waals surface area contributed by atoms with E-state index < -0.39 is 15.6 Å². The van der Waals surface area contributed by atoms with Gasteiger partial charge in [0.2, 0.25) is 10.0 Å². The zero-order valence-corrected chi connectivity index (χ0v) is 13.5. The third kappa shape index (κ3) is 4.19. The summed E-state index contributed by atoms with van der Waals surface area (Å²) in [7, 11) is -3.46. The first-order valence-corrected chi connectivity index (χ1v) is 9.95. The van der Waals surface area contributed by atoms with Crippen molar-refractivity contribution in [3.05, 3.63) is 17.5 Å². The van der Waals surface area contributed by atoms with Crippen LogP contribution in [0.2, 0.25) is 0 Å². The fraction of sp³-hybridized carbons (Fsp3) is 0.667. The lowest BCUT2D eigenvalue weighted by Crippen LogP contribution is -2.47. The molecule has 5 nitrogen and oxygen atoms in total. The highest BCUT2D eigenvalue weighted by Crippen LogP contribution is 2.30. The molecule has 0 saturated carbocycles. The first-order valence-electron chi connectivity index (χ1n) is 6.44. The number of thiophene rings is 1. The van der Waals surface area contributed by atoms with Crippen LogP contribution in [-0.4, -0.2) is 50.4 Å². The Bertz CT molecular complexity index is 495. The Balaban J connectivity index is 2.01. The van der Waals surface area contributed by atoms with Crippen LogP contribution >= 0.6 is 23.1 Å². The van der Waals surface area contributed by atoms with Crippen LogP contribution in [0.1, 0.15) is 12.8 Å². The number of hydrogen-bond donors (Lipinski definition) is 2. The van der Waals surface area contributed by atoms with Gasteiger partial charge in [0.25, 0.3) is 0 Å². The molecule has 20 heavy (non-hydrogen) atoms. The van der Waals surface area contributed by atoms with Crippen molar-refractivity contribution >= 4 is 33.1 Å². The van der Waals surface area contributed by atoms with Gasteiger partial charge in [0.1, 0.15) is 4.21 Å². The number of thioether (sulfide) groups is 1. The molecule has 0 amide bonds. The minimum atomic E-state index is -3.46. The van der Waals surface area contributed by atoms with E-state index in [1.807, 2.05) is 11.8 Å². The number of ether oxygens (including phenoxy) is 1. The van der Waals surface area contributed by atoms with Crippen molar-refractivity contribution < 1.29 is 18.3 Å². The van der Waals surface area contributed by atoms with E-state index in [9.17, 15) is 8.42 Å². The van der Waals surface area contributed by atoms with Crippen LogP contribution in [0.4, 0.5) is 0 Å². The Morgan fingerprint density at radius 1 is 1.40 bits per heavy atom. The van der Waals surface area contributed by atoms with Crippen molar-refractivity contribution in [1.82, 2.24) is 4.72 Å². The van der Waals surface area contributed by atoms with E-state index in [4.69, 9.17) is 9.84 Å². The van der Waals surface area contributed by atoms with Gasteiger partial charge in [0, 0.05) is 6.54 Å². The van der Waals surface area contributed by atoms with E-state index in [-0.39, 0.29) is 19.8 Å². The summed E-state index contributed by atoms with van der Waals surface area (Å²) >= 11 is 3.04. The van der Waals surface area contributed by atoms with E-state index in [0.29, 0.717) is 4.21 Å². The van der Waals surface area contributed by atoms with Crippen LogP contribution in [0.3, 0.4) is 0 Å². The standard InChI is InChI=1S/C12H19NO4S3/c14-5-6-17-12(3-8-18-9-4-12)10-13-20(15,16)11-2-1-7-19-11/h1-2,7,13-14H,3-6,8-10H2. The highest BCUT2D eigenvalue weighted by molar-refractivity contribution is 7.99. The quantitative estimate of drug-likeness (QED) is 0.784. The van der Waals surface area contributed by atoms with E-state index >= 15 is 0 Å². The molecule has 0 radical (unpaired) electrons. The van der Waals surface area contributed by atoms with E-state index in [2.05, 4.69) is 4.72 Å². The number of nitrogens with one attached hydrogen (secondary N) is 1. The number of aliphatic hydroxyl groups excluding tert-OH is 1. The lowest BCUT2D eigenvalue weighted by atomic mass is 9.97. The third-order valence-corrected chi connectivity index (χ3v) is 7.03. The molecule has 0 aromatic carbocycles. The third-order valence-electron chi connectivity index (χ3n) is 3.25. The van der Waals surface area contributed by atoms with Crippen LogP contribution in [-0.2, 0) is 14.8 Å². The summed E-state index contributed by atoms with van der Waals surface area (Å²) in [6.07, 6.45) is 1.59. The molecular formula is C12H19NO4S3. The highest BCUT2D eigenvalue weighted by atomic mass is 32.2. The van der Waals surface area contributed by atoms with Crippen LogP contribution in [0, 0.1) is 0 Å². The largest absolute Gasteiger partial charge is 0.394 e. The topological polar surface area (TPSA) is 75.6 Å². The van der Waals surface area contributed by atoms with Crippen LogP contribution in [0.15, 0.2) is 21.7 Å². The molecule has 1 aromatic rings. The van der Waals surface area contributed by atoms with Gasteiger partial charge in [-0.3, -0.25) is 0 Å². The summed E-state index contributed by atoms with van der Waals surface area (Å²) in [4.78, 5) is 0.